The number of carboxylic acid groups (broad SMARTS) is 1. The Hall–Kier alpha value is -1.33. The summed E-state index contributed by atoms with van der Waals surface area (Å²) in [5.41, 5.74) is -0.999. The second kappa shape index (κ2) is 5.53. The van der Waals surface area contributed by atoms with Gasteiger partial charge in [-0.05, 0) is 0 Å². The third kappa shape index (κ3) is 3.73. The van der Waals surface area contributed by atoms with Crippen molar-refractivity contribution < 1.29 is 19.8 Å². The van der Waals surface area contributed by atoms with E-state index in [0.29, 0.717) is 17.3 Å². The standard InChI is InChI=1S/C10H10O4S/c11-8(12)6-15-10(14)9(13)7-4-2-1-3-5-7/h1-5,10,14H,6H2,(H,11,12)/p-1/t10-/m0/s1. The van der Waals surface area contributed by atoms with Crippen molar-refractivity contribution in [3.63, 3.8) is 0 Å². The number of thioether (sulfide) groups is 1. The fraction of sp³-hybridized carbons (Fsp3) is 0.200. The van der Waals surface area contributed by atoms with Gasteiger partial charge < -0.3 is 15.0 Å². The highest BCUT2D eigenvalue weighted by Crippen LogP contribution is 2.13. The lowest BCUT2D eigenvalue weighted by molar-refractivity contribution is -0.301. The van der Waals surface area contributed by atoms with E-state index >= 15 is 0 Å². The third-order valence-corrected chi connectivity index (χ3v) is 2.57. The summed E-state index contributed by atoms with van der Waals surface area (Å²) in [5.74, 6) is -2.21. The minimum absolute atomic E-state index is 0.357. The second-order valence-corrected chi connectivity index (χ2v) is 3.83. The molecule has 1 aromatic carbocycles. The number of aliphatic carboxylic acids is 1. The normalized spacial score (nSPS) is 12.1. The molecule has 0 aromatic heterocycles. The molecule has 5 heteroatoms. The molecule has 0 fully saturated rings. The van der Waals surface area contributed by atoms with Crippen LogP contribution in [0.15, 0.2) is 30.3 Å². The van der Waals surface area contributed by atoms with Crippen LogP contribution in [0.4, 0.5) is 0 Å². The summed E-state index contributed by atoms with van der Waals surface area (Å²) >= 11 is 0.631. The average molecular weight is 225 g/mol. The number of aliphatic hydroxyl groups is 1. The van der Waals surface area contributed by atoms with Crippen molar-refractivity contribution in [1.29, 1.82) is 0 Å². The van der Waals surface area contributed by atoms with Crippen LogP contribution < -0.4 is 5.11 Å². The minimum atomic E-state index is -1.36. The van der Waals surface area contributed by atoms with Crippen molar-refractivity contribution in [2.75, 3.05) is 5.75 Å². The van der Waals surface area contributed by atoms with E-state index in [9.17, 15) is 19.8 Å². The Morgan fingerprint density at radius 2 is 1.93 bits per heavy atom. The summed E-state index contributed by atoms with van der Waals surface area (Å²) in [7, 11) is 0. The lowest BCUT2D eigenvalue weighted by Gasteiger charge is -2.09. The highest BCUT2D eigenvalue weighted by Gasteiger charge is 2.16. The molecule has 0 heterocycles. The van der Waals surface area contributed by atoms with Gasteiger partial charge in [0.1, 0.15) is 0 Å². The molecule has 0 saturated heterocycles. The highest BCUT2D eigenvalue weighted by molar-refractivity contribution is 8.01. The molecule has 0 aliphatic rings. The van der Waals surface area contributed by atoms with Crippen LogP contribution in [0.3, 0.4) is 0 Å². The number of rotatable bonds is 5. The van der Waals surface area contributed by atoms with Gasteiger partial charge in [0.2, 0.25) is 5.78 Å². The Morgan fingerprint density at radius 1 is 1.33 bits per heavy atom. The van der Waals surface area contributed by atoms with Crippen molar-refractivity contribution in [2.45, 2.75) is 5.44 Å². The van der Waals surface area contributed by atoms with Gasteiger partial charge in [0.05, 0.1) is 5.97 Å². The Morgan fingerprint density at radius 3 is 2.47 bits per heavy atom. The number of hydrogen-bond donors (Lipinski definition) is 1. The van der Waals surface area contributed by atoms with Crippen molar-refractivity contribution in [3.05, 3.63) is 35.9 Å². The first-order valence-corrected chi connectivity index (χ1v) is 5.25. The van der Waals surface area contributed by atoms with E-state index in [1.807, 2.05) is 0 Å². The molecule has 1 rings (SSSR count). The quantitative estimate of drug-likeness (QED) is 0.548. The molecule has 1 aromatic rings. The van der Waals surface area contributed by atoms with Gasteiger partial charge in [-0.1, -0.05) is 30.3 Å². The highest BCUT2D eigenvalue weighted by atomic mass is 32.2. The van der Waals surface area contributed by atoms with Gasteiger partial charge in [-0.2, -0.15) is 0 Å². The summed E-state index contributed by atoms with van der Waals surface area (Å²) in [6, 6.07) is 8.21. The Balaban J connectivity index is 2.57. The van der Waals surface area contributed by atoms with Crippen LogP contribution in [0.25, 0.3) is 0 Å². The van der Waals surface area contributed by atoms with E-state index in [0.717, 1.165) is 0 Å². The molecule has 1 atom stereocenters. The number of hydrogen-bond acceptors (Lipinski definition) is 5. The van der Waals surface area contributed by atoms with Gasteiger partial charge >= 0.3 is 0 Å². The zero-order valence-electron chi connectivity index (χ0n) is 7.75. The molecule has 0 amide bonds. The van der Waals surface area contributed by atoms with Crippen LogP contribution >= 0.6 is 11.8 Å². The van der Waals surface area contributed by atoms with E-state index < -0.39 is 22.9 Å². The lowest BCUT2D eigenvalue weighted by Crippen LogP contribution is -2.27. The van der Waals surface area contributed by atoms with E-state index in [1.165, 1.54) is 0 Å². The van der Waals surface area contributed by atoms with Crippen LogP contribution in [0.2, 0.25) is 0 Å². The predicted molar refractivity (Wildman–Crippen MR) is 54.2 cm³/mol. The summed E-state index contributed by atoms with van der Waals surface area (Å²) in [5, 5.41) is 19.5. The molecule has 0 bridgehead atoms. The predicted octanol–water partition coefficient (Wildman–Crippen LogP) is -0.329. The number of Topliss-reactive ketones (excluding diaryl/α,β-unsaturated/α-hetero) is 1. The molecule has 0 saturated carbocycles. The Bertz CT molecular complexity index is 350. The van der Waals surface area contributed by atoms with Gasteiger partial charge in [-0.25, -0.2) is 0 Å². The fourth-order valence-electron chi connectivity index (χ4n) is 0.968. The maximum absolute atomic E-state index is 11.5. The lowest BCUT2D eigenvalue weighted by atomic mass is 10.1. The maximum atomic E-state index is 11.5. The minimum Gasteiger partial charge on any atom is -0.549 e. The number of ketones is 1. The average Bonchev–Trinajstić information content (AvgIpc) is 2.26. The SMILES string of the molecule is O=C([O-])CS[C@H](O)C(=O)c1ccccc1. The van der Waals surface area contributed by atoms with E-state index in [-0.39, 0.29) is 0 Å². The summed E-state index contributed by atoms with van der Waals surface area (Å²) in [4.78, 5) is 21.6. The Labute approximate surface area is 90.9 Å². The monoisotopic (exact) mass is 225 g/mol. The van der Waals surface area contributed by atoms with Gasteiger partial charge in [0.25, 0.3) is 0 Å². The molecule has 0 aliphatic heterocycles. The number of carboxylic acids is 1. The van der Waals surface area contributed by atoms with Crippen LogP contribution in [0.1, 0.15) is 10.4 Å². The Kier molecular flexibility index (Phi) is 4.33. The first-order valence-electron chi connectivity index (χ1n) is 4.20. The number of benzene rings is 1. The van der Waals surface area contributed by atoms with Gasteiger partial charge in [-0.3, -0.25) is 4.79 Å². The topological polar surface area (TPSA) is 77.4 Å². The van der Waals surface area contributed by atoms with Gasteiger partial charge in [-0.15, -0.1) is 11.8 Å². The molecule has 80 valence electrons. The number of carbonyl (C=O) groups is 2. The molecule has 0 aliphatic carbocycles. The van der Waals surface area contributed by atoms with E-state index in [2.05, 4.69) is 0 Å². The summed E-state index contributed by atoms with van der Waals surface area (Å²) in [6.45, 7) is 0. The number of carbonyl (C=O) groups excluding carboxylic acids is 2. The van der Waals surface area contributed by atoms with Crippen LogP contribution in [-0.4, -0.2) is 28.0 Å². The van der Waals surface area contributed by atoms with Crippen LogP contribution in [0.5, 0.6) is 0 Å². The van der Waals surface area contributed by atoms with Crippen molar-refractivity contribution in [3.8, 4) is 0 Å². The van der Waals surface area contributed by atoms with Gasteiger partial charge in [0, 0.05) is 11.3 Å². The third-order valence-electron chi connectivity index (χ3n) is 1.64. The van der Waals surface area contributed by atoms with Gasteiger partial charge in [0.15, 0.2) is 5.44 Å². The molecule has 0 unspecified atom stereocenters. The smallest absolute Gasteiger partial charge is 0.201 e. The zero-order valence-corrected chi connectivity index (χ0v) is 8.57. The zero-order chi connectivity index (χ0) is 11.3. The fourth-order valence-corrected chi connectivity index (χ4v) is 1.55. The molecule has 4 nitrogen and oxygen atoms in total. The number of aliphatic hydroxyl groups excluding tert-OH is 1. The van der Waals surface area contributed by atoms with Crippen molar-refractivity contribution in [1.82, 2.24) is 0 Å². The summed E-state index contributed by atoms with van der Waals surface area (Å²) < 4.78 is 0. The molecule has 15 heavy (non-hydrogen) atoms. The first-order chi connectivity index (χ1) is 7.11. The molecular weight excluding hydrogens is 216 g/mol. The molecule has 0 spiro atoms. The molecular formula is C10H9O4S-. The molecule has 0 radical (unpaired) electrons. The largest absolute Gasteiger partial charge is 0.549 e. The molecule has 1 N–H and O–H groups in total. The van der Waals surface area contributed by atoms with E-state index in [4.69, 9.17) is 0 Å². The second-order valence-electron chi connectivity index (χ2n) is 2.77. The first kappa shape index (κ1) is 11.7. The van der Waals surface area contributed by atoms with Crippen molar-refractivity contribution in [2.24, 2.45) is 0 Å². The van der Waals surface area contributed by atoms with Crippen LogP contribution in [0, 0.1) is 0 Å². The van der Waals surface area contributed by atoms with Crippen molar-refractivity contribution >= 4 is 23.5 Å². The maximum Gasteiger partial charge on any atom is 0.201 e. The van der Waals surface area contributed by atoms with E-state index in [1.54, 1.807) is 30.3 Å². The summed E-state index contributed by atoms with van der Waals surface area (Å²) in [6.07, 6.45) is 0. The van der Waals surface area contributed by atoms with Crippen LogP contribution in [-0.2, 0) is 4.79 Å².